The predicted molar refractivity (Wildman–Crippen MR) is 133 cm³/mol. The molecule has 1 unspecified atom stereocenters. The molecule has 0 bridgehead atoms. The van der Waals surface area contributed by atoms with Crippen molar-refractivity contribution >= 4 is 11.6 Å². The first kappa shape index (κ1) is 24.0. The van der Waals surface area contributed by atoms with Crippen LogP contribution in [0.4, 0.5) is 16.0 Å². The maximum Gasteiger partial charge on any atom is 0.132 e. The fourth-order valence-corrected chi connectivity index (χ4v) is 3.92. The predicted octanol–water partition coefficient (Wildman–Crippen LogP) is 4.35. The van der Waals surface area contributed by atoms with E-state index in [0.717, 1.165) is 41.2 Å². The molecule has 1 fully saturated rings. The Morgan fingerprint density at radius 3 is 2.62 bits per heavy atom. The molecule has 4 rings (SSSR count). The third-order valence-corrected chi connectivity index (χ3v) is 6.00. The number of benzene rings is 1. The standard InChI is InChI=1S/C26H32FN5O2/c1-17-5-6-19(23-14-21(15-28-31-23)26(3,4)27)11-22(17)20-12-24(29-18(2)16-33)30-25(13-20)32-7-9-34-10-8-32/h5-6,11-15,18,33H,7-10,16H2,1-4H3,(H,29,30). The molecule has 2 aromatic heterocycles. The lowest BCUT2D eigenvalue weighted by molar-refractivity contribution is 0.122. The highest BCUT2D eigenvalue weighted by Gasteiger charge is 2.21. The third kappa shape index (κ3) is 5.51. The van der Waals surface area contributed by atoms with Gasteiger partial charge in [-0.25, -0.2) is 9.37 Å². The number of nitrogens with zero attached hydrogens (tertiary/aromatic N) is 4. The van der Waals surface area contributed by atoms with E-state index >= 15 is 0 Å². The molecule has 1 saturated heterocycles. The number of alkyl halides is 1. The van der Waals surface area contributed by atoms with Crippen LogP contribution in [0.1, 0.15) is 31.9 Å². The SMILES string of the molecule is Cc1ccc(-c2cc(C(C)(C)F)cnn2)cc1-c1cc(NC(C)CO)nc(N2CCOCC2)c1. The van der Waals surface area contributed by atoms with Gasteiger partial charge in [-0.2, -0.15) is 10.2 Å². The van der Waals surface area contributed by atoms with Crippen molar-refractivity contribution in [1.82, 2.24) is 15.2 Å². The molecule has 8 heteroatoms. The molecular formula is C26H32FN5O2. The van der Waals surface area contributed by atoms with Crippen LogP contribution in [-0.4, -0.2) is 59.2 Å². The topological polar surface area (TPSA) is 83.4 Å². The number of aromatic nitrogens is 3. The van der Waals surface area contributed by atoms with Gasteiger partial charge in [0.2, 0.25) is 0 Å². The number of morpholine rings is 1. The van der Waals surface area contributed by atoms with E-state index in [-0.39, 0.29) is 12.6 Å². The number of halogens is 1. The van der Waals surface area contributed by atoms with Crippen LogP contribution in [0.25, 0.3) is 22.4 Å². The smallest absolute Gasteiger partial charge is 0.132 e. The lowest BCUT2D eigenvalue weighted by atomic mass is 9.95. The number of hydrogen-bond donors (Lipinski definition) is 2. The van der Waals surface area contributed by atoms with Crippen LogP contribution in [0.3, 0.4) is 0 Å². The molecule has 0 radical (unpaired) electrons. The van der Waals surface area contributed by atoms with Crippen LogP contribution in [-0.2, 0) is 10.4 Å². The van der Waals surface area contributed by atoms with Crippen LogP contribution in [0.15, 0.2) is 42.6 Å². The summed E-state index contributed by atoms with van der Waals surface area (Å²) in [5.41, 5.74) is 3.60. The number of rotatable bonds is 7. The van der Waals surface area contributed by atoms with Crippen molar-refractivity contribution in [2.24, 2.45) is 0 Å². The van der Waals surface area contributed by atoms with Crippen LogP contribution < -0.4 is 10.2 Å². The van der Waals surface area contributed by atoms with E-state index in [1.54, 1.807) is 6.07 Å². The van der Waals surface area contributed by atoms with E-state index in [4.69, 9.17) is 9.72 Å². The Morgan fingerprint density at radius 2 is 1.91 bits per heavy atom. The zero-order chi connectivity index (χ0) is 24.3. The Labute approximate surface area is 200 Å². The van der Waals surface area contributed by atoms with Gasteiger partial charge in [-0.15, -0.1) is 0 Å². The van der Waals surface area contributed by atoms with Gasteiger partial charge in [-0.3, -0.25) is 0 Å². The first-order chi connectivity index (χ1) is 16.2. The Morgan fingerprint density at radius 1 is 1.15 bits per heavy atom. The summed E-state index contributed by atoms with van der Waals surface area (Å²) >= 11 is 0. The van der Waals surface area contributed by atoms with Gasteiger partial charge in [-0.1, -0.05) is 12.1 Å². The molecule has 2 N–H and O–H groups in total. The lowest BCUT2D eigenvalue weighted by Gasteiger charge is -2.29. The maximum atomic E-state index is 14.5. The van der Waals surface area contributed by atoms with E-state index in [0.29, 0.717) is 30.3 Å². The van der Waals surface area contributed by atoms with Crippen LogP contribution in [0.2, 0.25) is 0 Å². The molecule has 3 aromatic rings. The minimum Gasteiger partial charge on any atom is -0.394 e. The van der Waals surface area contributed by atoms with Crippen LogP contribution in [0, 0.1) is 6.92 Å². The van der Waals surface area contributed by atoms with E-state index < -0.39 is 5.67 Å². The summed E-state index contributed by atoms with van der Waals surface area (Å²) in [6.45, 7) is 9.87. The quantitative estimate of drug-likeness (QED) is 0.537. The van der Waals surface area contributed by atoms with Crippen molar-refractivity contribution in [2.45, 2.75) is 39.4 Å². The Balaban J connectivity index is 1.78. The molecule has 0 spiro atoms. The van der Waals surface area contributed by atoms with Crippen LogP contribution in [0.5, 0.6) is 0 Å². The number of aliphatic hydroxyl groups is 1. The number of pyridine rings is 1. The van der Waals surface area contributed by atoms with Gasteiger partial charge in [0, 0.05) is 30.3 Å². The summed E-state index contributed by atoms with van der Waals surface area (Å²) in [5.74, 6) is 1.56. The fraction of sp³-hybridized carbons (Fsp3) is 0.423. The van der Waals surface area contributed by atoms with Gasteiger partial charge in [0.1, 0.15) is 17.3 Å². The van der Waals surface area contributed by atoms with Crippen molar-refractivity contribution < 1.29 is 14.2 Å². The third-order valence-electron chi connectivity index (χ3n) is 6.00. The molecule has 34 heavy (non-hydrogen) atoms. The highest BCUT2D eigenvalue weighted by molar-refractivity contribution is 5.77. The van der Waals surface area contributed by atoms with E-state index in [1.165, 1.54) is 20.0 Å². The molecule has 1 atom stereocenters. The Hall–Kier alpha value is -3.10. The molecular weight excluding hydrogens is 433 g/mol. The Bertz CT molecular complexity index is 1140. The summed E-state index contributed by atoms with van der Waals surface area (Å²) in [6, 6.07) is 11.8. The molecule has 180 valence electrons. The molecule has 1 aliphatic rings. The minimum atomic E-state index is -1.50. The largest absolute Gasteiger partial charge is 0.394 e. The fourth-order valence-electron chi connectivity index (χ4n) is 3.92. The molecule has 0 saturated carbocycles. The van der Waals surface area contributed by atoms with E-state index in [1.807, 2.05) is 25.1 Å². The maximum absolute atomic E-state index is 14.5. The Kier molecular flexibility index (Phi) is 7.09. The number of hydrogen-bond acceptors (Lipinski definition) is 7. The van der Waals surface area contributed by atoms with Crippen molar-refractivity contribution in [3.63, 3.8) is 0 Å². The second-order valence-electron chi connectivity index (χ2n) is 9.26. The van der Waals surface area contributed by atoms with Gasteiger partial charge in [0.25, 0.3) is 0 Å². The molecule has 3 heterocycles. The molecule has 1 aliphatic heterocycles. The van der Waals surface area contributed by atoms with Gasteiger partial charge in [0.15, 0.2) is 0 Å². The summed E-state index contributed by atoms with van der Waals surface area (Å²) in [4.78, 5) is 7.01. The van der Waals surface area contributed by atoms with Crippen LogP contribution >= 0.6 is 0 Å². The van der Waals surface area contributed by atoms with Crippen molar-refractivity contribution in [2.75, 3.05) is 43.1 Å². The lowest BCUT2D eigenvalue weighted by Crippen LogP contribution is -2.37. The van der Waals surface area contributed by atoms with Gasteiger partial charge < -0.3 is 20.1 Å². The highest BCUT2D eigenvalue weighted by Crippen LogP contribution is 2.33. The zero-order valence-corrected chi connectivity index (χ0v) is 20.2. The normalized spacial score (nSPS) is 15.3. The van der Waals surface area contributed by atoms with Crippen molar-refractivity contribution in [1.29, 1.82) is 0 Å². The summed E-state index contributed by atoms with van der Waals surface area (Å²) in [6.07, 6.45) is 1.47. The number of aliphatic hydroxyl groups excluding tert-OH is 1. The number of anilines is 2. The molecule has 1 aromatic carbocycles. The second-order valence-corrected chi connectivity index (χ2v) is 9.26. The number of nitrogens with one attached hydrogen (secondary N) is 1. The van der Waals surface area contributed by atoms with E-state index in [9.17, 15) is 9.50 Å². The number of ether oxygens (including phenoxy) is 1. The van der Waals surface area contributed by atoms with Gasteiger partial charge >= 0.3 is 0 Å². The van der Waals surface area contributed by atoms with Gasteiger partial charge in [0.05, 0.1) is 31.7 Å². The van der Waals surface area contributed by atoms with Crippen molar-refractivity contribution in [3.05, 3.63) is 53.7 Å². The zero-order valence-electron chi connectivity index (χ0n) is 20.2. The number of aryl methyl sites for hydroxylation is 1. The van der Waals surface area contributed by atoms with Gasteiger partial charge in [-0.05, 0) is 68.7 Å². The molecule has 0 aliphatic carbocycles. The monoisotopic (exact) mass is 465 g/mol. The summed E-state index contributed by atoms with van der Waals surface area (Å²) < 4.78 is 20.0. The molecule has 7 nitrogen and oxygen atoms in total. The highest BCUT2D eigenvalue weighted by atomic mass is 19.1. The summed E-state index contributed by atoms with van der Waals surface area (Å²) in [7, 11) is 0. The van der Waals surface area contributed by atoms with E-state index in [2.05, 4.69) is 39.5 Å². The first-order valence-electron chi connectivity index (χ1n) is 11.6. The minimum absolute atomic E-state index is 0.00718. The van der Waals surface area contributed by atoms with Crippen molar-refractivity contribution in [3.8, 4) is 22.4 Å². The molecule has 0 amide bonds. The first-order valence-corrected chi connectivity index (χ1v) is 11.6. The second kappa shape index (κ2) is 10.0. The average Bonchev–Trinajstić information content (AvgIpc) is 2.84. The average molecular weight is 466 g/mol. The summed E-state index contributed by atoms with van der Waals surface area (Å²) in [5, 5.41) is 21.1.